The van der Waals surface area contributed by atoms with Crippen molar-refractivity contribution in [3.05, 3.63) is 74.9 Å². The van der Waals surface area contributed by atoms with E-state index in [9.17, 15) is 4.79 Å². The molecule has 0 spiro atoms. The number of rotatable bonds is 6. The van der Waals surface area contributed by atoms with Crippen LogP contribution in [0, 0.1) is 0 Å². The number of hydrogen-bond donors (Lipinski definition) is 1. The minimum absolute atomic E-state index is 0.157. The number of benzene rings is 2. The molecule has 2 aromatic carbocycles. The van der Waals surface area contributed by atoms with Gasteiger partial charge in [0.2, 0.25) is 0 Å². The van der Waals surface area contributed by atoms with Gasteiger partial charge in [0.25, 0.3) is 0 Å². The molecule has 138 valence electrons. The highest BCUT2D eigenvalue weighted by atomic mass is 79.9. The Hall–Kier alpha value is -2.28. The Kier molecular flexibility index (Phi) is 6.21. The summed E-state index contributed by atoms with van der Waals surface area (Å²) in [6, 6.07) is 10.4. The zero-order valence-electron chi connectivity index (χ0n) is 13.8. The first-order valence-electron chi connectivity index (χ1n) is 7.73. The van der Waals surface area contributed by atoms with Crippen LogP contribution >= 0.6 is 39.1 Å². The SMILES string of the molecule is C=CCOc1c(Cl)cc(/C=N/NC(=O)c2cc3cc(Br)ccc3o2)cc1Cl. The summed E-state index contributed by atoms with van der Waals surface area (Å²) >= 11 is 15.7. The first-order valence-corrected chi connectivity index (χ1v) is 9.28. The number of nitrogens with one attached hydrogen (secondary N) is 1. The first-order chi connectivity index (χ1) is 13.0. The summed E-state index contributed by atoms with van der Waals surface area (Å²) in [6.45, 7) is 3.86. The molecular formula is C19H13BrCl2N2O3. The molecule has 8 heteroatoms. The summed E-state index contributed by atoms with van der Waals surface area (Å²) in [4.78, 5) is 12.2. The van der Waals surface area contributed by atoms with E-state index in [1.807, 2.05) is 12.1 Å². The molecular weight excluding hydrogens is 455 g/mol. The summed E-state index contributed by atoms with van der Waals surface area (Å²) in [7, 11) is 0. The summed E-state index contributed by atoms with van der Waals surface area (Å²) in [5.41, 5.74) is 3.62. The number of hydrazone groups is 1. The Bertz CT molecular complexity index is 1020. The van der Waals surface area contributed by atoms with Gasteiger partial charge in [0.05, 0.1) is 16.3 Å². The van der Waals surface area contributed by atoms with Gasteiger partial charge in [-0.15, -0.1) is 0 Å². The van der Waals surface area contributed by atoms with Gasteiger partial charge in [0.1, 0.15) is 12.2 Å². The standard InChI is InChI=1S/C19H13BrCl2N2O3/c1-2-5-26-18-14(21)6-11(7-15(18)22)10-23-24-19(25)17-9-12-8-13(20)3-4-16(12)27-17/h2-4,6-10H,1,5H2,(H,24,25)/b23-10+. The van der Waals surface area contributed by atoms with Crippen molar-refractivity contribution in [2.75, 3.05) is 6.61 Å². The maximum atomic E-state index is 12.2. The van der Waals surface area contributed by atoms with E-state index < -0.39 is 5.91 Å². The van der Waals surface area contributed by atoms with Gasteiger partial charge in [-0.05, 0) is 42.0 Å². The highest BCUT2D eigenvalue weighted by molar-refractivity contribution is 9.10. The maximum Gasteiger partial charge on any atom is 0.307 e. The Morgan fingerprint density at radius 2 is 2.00 bits per heavy atom. The number of hydrogen-bond acceptors (Lipinski definition) is 4. The van der Waals surface area contributed by atoms with E-state index in [-0.39, 0.29) is 12.4 Å². The summed E-state index contributed by atoms with van der Waals surface area (Å²) in [5.74, 6) is 0.0547. The zero-order valence-corrected chi connectivity index (χ0v) is 16.9. The van der Waals surface area contributed by atoms with Crippen molar-refractivity contribution in [3.8, 4) is 5.75 Å². The smallest absolute Gasteiger partial charge is 0.307 e. The van der Waals surface area contributed by atoms with Crippen LogP contribution in [0.15, 0.2) is 63.0 Å². The second kappa shape index (κ2) is 8.61. The van der Waals surface area contributed by atoms with Crippen molar-refractivity contribution in [2.24, 2.45) is 5.10 Å². The summed E-state index contributed by atoms with van der Waals surface area (Å²) < 4.78 is 11.8. The number of carbonyl (C=O) groups is 1. The highest BCUT2D eigenvalue weighted by Gasteiger charge is 2.12. The van der Waals surface area contributed by atoms with Crippen LogP contribution < -0.4 is 10.2 Å². The molecule has 0 aliphatic carbocycles. The minimum atomic E-state index is -0.471. The van der Waals surface area contributed by atoms with Gasteiger partial charge in [-0.1, -0.05) is 51.8 Å². The lowest BCUT2D eigenvalue weighted by Crippen LogP contribution is -2.16. The molecule has 1 aromatic heterocycles. The fourth-order valence-corrected chi connectivity index (χ4v) is 3.27. The zero-order chi connectivity index (χ0) is 19.4. The molecule has 0 saturated heterocycles. The number of halogens is 3. The van der Waals surface area contributed by atoms with Gasteiger partial charge in [-0.25, -0.2) is 5.43 Å². The number of amides is 1. The molecule has 0 aliphatic rings. The van der Waals surface area contributed by atoms with Gasteiger partial charge >= 0.3 is 5.91 Å². The molecule has 0 atom stereocenters. The van der Waals surface area contributed by atoms with Gasteiger partial charge in [0, 0.05) is 9.86 Å². The second-order valence-corrected chi connectivity index (χ2v) is 7.14. The molecule has 5 nitrogen and oxygen atoms in total. The van der Waals surface area contributed by atoms with E-state index in [0.29, 0.717) is 26.9 Å². The quantitative estimate of drug-likeness (QED) is 0.281. The minimum Gasteiger partial charge on any atom is -0.486 e. The second-order valence-electron chi connectivity index (χ2n) is 5.41. The van der Waals surface area contributed by atoms with Crippen LogP contribution in [0.25, 0.3) is 11.0 Å². The van der Waals surface area contributed by atoms with Gasteiger partial charge in [-0.3, -0.25) is 4.79 Å². The molecule has 0 unspecified atom stereocenters. The molecule has 0 radical (unpaired) electrons. The number of ether oxygens (including phenoxy) is 1. The van der Waals surface area contributed by atoms with Gasteiger partial charge < -0.3 is 9.15 Å². The lowest BCUT2D eigenvalue weighted by atomic mass is 10.2. The lowest BCUT2D eigenvalue weighted by Gasteiger charge is -2.08. The molecule has 0 saturated carbocycles. The van der Waals surface area contributed by atoms with Crippen molar-refractivity contribution in [1.82, 2.24) is 5.43 Å². The molecule has 1 heterocycles. The van der Waals surface area contributed by atoms with E-state index in [1.165, 1.54) is 6.21 Å². The molecule has 3 aromatic rings. The molecule has 0 aliphatic heterocycles. The maximum absolute atomic E-state index is 12.2. The number of fused-ring (bicyclic) bond motifs is 1. The third-order valence-corrected chi connectivity index (χ3v) is 4.50. The van der Waals surface area contributed by atoms with Crippen LogP contribution in [0.5, 0.6) is 5.75 Å². The van der Waals surface area contributed by atoms with E-state index in [1.54, 1.807) is 30.3 Å². The average molecular weight is 468 g/mol. The average Bonchev–Trinajstić information content (AvgIpc) is 3.04. The molecule has 27 heavy (non-hydrogen) atoms. The van der Waals surface area contributed by atoms with E-state index in [2.05, 4.69) is 33.0 Å². The summed E-state index contributed by atoms with van der Waals surface area (Å²) in [6.07, 6.45) is 3.01. The van der Waals surface area contributed by atoms with Crippen LogP contribution in [0.3, 0.4) is 0 Å². The Morgan fingerprint density at radius 3 is 2.70 bits per heavy atom. The van der Waals surface area contributed by atoms with Crippen LogP contribution in [-0.4, -0.2) is 18.7 Å². The molecule has 1 amide bonds. The highest BCUT2D eigenvalue weighted by Crippen LogP contribution is 2.33. The van der Waals surface area contributed by atoms with Crippen molar-refractivity contribution in [3.63, 3.8) is 0 Å². The topological polar surface area (TPSA) is 63.8 Å². The number of furan rings is 1. The van der Waals surface area contributed by atoms with E-state index in [4.69, 9.17) is 32.4 Å². The normalized spacial score (nSPS) is 11.1. The predicted octanol–water partition coefficient (Wildman–Crippen LogP) is 5.83. The van der Waals surface area contributed by atoms with E-state index in [0.717, 1.165) is 9.86 Å². The molecule has 3 rings (SSSR count). The molecule has 1 N–H and O–H groups in total. The summed E-state index contributed by atoms with van der Waals surface area (Å²) in [5, 5.41) is 5.39. The fraction of sp³-hybridized carbons (Fsp3) is 0.0526. The lowest BCUT2D eigenvalue weighted by molar-refractivity contribution is 0.0929. The van der Waals surface area contributed by atoms with Gasteiger partial charge in [0.15, 0.2) is 11.5 Å². The largest absolute Gasteiger partial charge is 0.486 e. The molecule has 0 bridgehead atoms. The third-order valence-electron chi connectivity index (χ3n) is 3.45. The third kappa shape index (κ3) is 4.71. The number of carbonyl (C=O) groups excluding carboxylic acids is 1. The first kappa shape index (κ1) is 19.5. The van der Waals surface area contributed by atoms with Crippen molar-refractivity contribution < 1.29 is 13.9 Å². The fourth-order valence-electron chi connectivity index (χ4n) is 2.28. The monoisotopic (exact) mass is 466 g/mol. The van der Waals surface area contributed by atoms with Crippen molar-refractivity contribution in [2.45, 2.75) is 0 Å². The van der Waals surface area contributed by atoms with Crippen LogP contribution in [0.2, 0.25) is 10.0 Å². The number of nitrogens with zero attached hydrogens (tertiary/aromatic N) is 1. The van der Waals surface area contributed by atoms with E-state index >= 15 is 0 Å². The Labute approximate surface area is 173 Å². The van der Waals surface area contributed by atoms with Crippen LogP contribution in [-0.2, 0) is 0 Å². The van der Waals surface area contributed by atoms with Crippen LogP contribution in [0.1, 0.15) is 16.1 Å². The van der Waals surface area contributed by atoms with Crippen LogP contribution in [0.4, 0.5) is 0 Å². The molecule has 0 fully saturated rings. The Balaban J connectivity index is 1.70. The van der Waals surface area contributed by atoms with Gasteiger partial charge in [-0.2, -0.15) is 5.10 Å². The predicted molar refractivity (Wildman–Crippen MR) is 111 cm³/mol. The van der Waals surface area contributed by atoms with Crippen molar-refractivity contribution >= 4 is 62.2 Å². The van der Waals surface area contributed by atoms with Crippen molar-refractivity contribution in [1.29, 1.82) is 0 Å². The Morgan fingerprint density at radius 1 is 1.26 bits per heavy atom.